The number of methoxy groups -OCH3 is 1. The lowest BCUT2D eigenvalue weighted by molar-refractivity contribution is -0.672. The fraction of sp³-hybridized carbons (Fsp3) is 0.233. The third-order valence-electron chi connectivity index (χ3n) is 13.8. The van der Waals surface area contributed by atoms with Crippen LogP contribution >= 0.6 is 92.6 Å². The number of hydrogen-bond donors (Lipinski definition) is 2. The highest BCUT2D eigenvalue weighted by Crippen LogP contribution is 2.49. The number of aryl methyl sites for hydroxylation is 1. The van der Waals surface area contributed by atoms with Crippen molar-refractivity contribution in [1.82, 2.24) is 10.6 Å². The van der Waals surface area contributed by atoms with Crippen LogP contribution in [0.4, 0.5) is 22.7 Å². The summed E-state index contributed by atoms with van der Waals surface area (Å²) in [5.74, 6) is -2.58. The van der Waals surface area contributed by atoms with Gasteiger partial charge >= 0.3 is 0 Å². The molecular weight excluding hydrogens is 1210 g/mol. The number of carbonyl (C=O) groups is 4. The molecule has 0 aliphatic carbocycles. The Labute approximate surface area is 517 Å². The number of amides is 2. The van der Waals surface area contributed by atoms with E-state index in [1.165, 1.54) is 23.6 Å². The summed E-state index contributed by atoms with van der Waals surface area (Å²) in [6.45, 7) is 10.7. The van der Waals surface area contributed by atoms with Crippen molar-refractivity contribution in [3.63, 3.8) is 0 Å². The fourth-order valence-electron chi connectivity index (χ4n) is 9.34. The highest BCUT2D eigenvalue weighted by atomic mass is 35.5. The summed E-state index contributed by atoms with van der Waals surface area (Å²) in [6, 6.07) is 35.3. The Kier molecular flexibility index (Phi) is 19.7. The molecule has 8 aromatic rings. The number of benzene rings is 6. The van der Waals surface area contributed by atoms with Crippen LogP contribution in [0.25, 0.3) is 32.6 Å². The Morgan fingerprint density at radius 3 is 1.36 bits per heavy atom. The molecule has 2 unspecified atom stereocenters. The SMILES string of the molecule is CCN1/C(=C/c2sc3ccc(Cl)cc3[n+]2CNC(=O)CN(c2ccc(C)cc2)C(C)C(=O)[O-])Sc2ccc(Cl)cc21.CCN1/C(=C/c2sc3ccc(Cl)cc3[n+]2CNC(=O)CN(c2ccc(OC)cc2)C(C)C(=O)[O-])Sc2ccc(Cl)cc21. The number of thioether (sulfide) groups is 2. The first-order chi connectivity index (χ1) is 39.8. The number of fused-ring (bicyclic) bond motifs is 4. The van der Waals surface area contributed by atoms with Crippen LogP contribution in [0.1, 0.15) is 43.3 Å². The predicted octanol–water partition coefficient (Wildman–Crippen LogP) is 10.6. The lowest BCUT2D eigenvalue weighted by atomic mass is 10.2. The van der Waals surface area contributed by atoms with Gasteiger partial charge in [-0.25, -0.2) is 0 Å². The van der Waals surface area contributed by atoms with E-state index in [-0.39, 0.29) is 38.2 Å². The molecular formula is C60H56Cl4N8O7S4. The van der Waals surface area contributed by atoms with Gasteiger partial charge in [0.05, 0.1) is 77.8 Å². The van der Waals surface area contributed by atoms with E-state index >= 15 is 0 Å². The lowest BCUT2D eigenvalue weighted by Gasteiger charge is -2.31. The zero-order valence-corrected chi connectivity index (χ0v) is 52.1. The van der Waals surface area contributed by atoms with Crippen molar-refractivity contribution in [2.45, 2.75) is 69.8 Å². The summed E-state index contributed by atoms with van der Waals surface area (Å²) in [7, 11) is 1.55. The topological polar surface area (TPSA) is 168 Å². The maximum Gasteiger partial charge on any atom is 0.267 e. The Hall–Kier alpha value is -6.68. The van der Waals surface area contributed by atoms with Crippen LogP contribution in [0.2, 0.25) is 20.1 Å². The number of nitrogens with zero attached hydrogens (tertiary/aromatic N) is 6. The minimum absolute atomic E-state index is 0.145. The third kappa shape index (κ3) is 14.1. The molecule has 0 fully saturated rings. The van der Waals surface area contributed by atoms with Gasteiger partial charge in [0.25, 0.3) is 10.0 Å². The molecule has 2 aliphatic rings. The molecule has 6 aromatic carbocycles. The first-order valence-corrected chi connectivity index (χ1v) is 31.0. The molecule has 2 atom stereocenters. The Bertz CT molecular complexity index is 3820. The van der Waals surface area contributed by atoms with E-state index in [0.29, 0.717) is 37.2 Å². The second-order valence-electron chi connectivity index (χ2n) is 19.1. The molecule has 2 aromatic heterocycles. The van der Waals surface area contributed by atoms with Gasteiger partial charge in [-0.15, -0.1) is 0 Å². The van der Waals surface area contributed by atoms with Crippen molar-refractivity contribution in [1.29, 1.82) is 0 Å². The first kappa shape index (κ1) is 60.9. The maximum absolute atomic E-state index is 13.2. The number of hydrogen-bond acceptors (Lipinski definition) is 15. The van der Waals surface area contributed by atoms with Crippen LogP contribution in [-0.2, 0) is 32.5 Å². The molecule has 4 heterocycles. The predicted molar refractivity (Wildman–Crippen MR) is 335 cm³/mol. The molecule has 83 heavy (non-hydrogen) atoms. The van der Waals surface area contributed by atoms with Crippen LogP contribution in [0.15, 0.2) is 141 Å². The maximum atomic E-state index is 13.2. The van der Waals surface area contributed by atoms with Gasteiger partial charge in [-0.05, 0) is 132 Å². The number of rotatable bonds is 19. The number of carboxylic acids is 2. The van der Waals surface area contributed by atoms with Crippen LogP contribution in [0.3, 0.4) is 0 Å². The minimum Gasteiger partial charge on any atom is -0.548 e. The zero-order valence-electron chi connectivity index (χ0n) is 45.8. The molecule has 0 radical (unpaired) electrons. The van der Waals surface area contributed by atoms with E-state index in [4.69, 9.17) is 51.1 Å². The van der Waals surface area contributed by atoms with Gasteiger partial charge in [0.1, 0.15) is 15.1 Å². The largest absolute Gasteiger partial charge is 0.548 e. The number of carbonyl (C=O) groups excluding carboxylic acids is 4. The van der Waals surface area contributed by atoms with E-state index in [1.54, 1.807) is 89.7 Å². The van der Waals surface area contributed by atoms with Gasteiger partial charge in [-0.2, -0.15) is 9.13 Å². The second-order valence-corrected chi connectivity index (χ2v) is 25.1. The summed E-state index contributed by atoms with van der Waals surface area (Å²) in [5.41, 5.74) is 6.12. The normalized spacial score (nSPS) is 14.3. The van der Waals surface area contributed by atoms with Gasteiger partial charge in [0.15, 0.2) is 0 Å². The van der Waals surface area contributed by atoms with Crippen molar-refractivity contribution in [2.75, 3.05) is 52.9 Å². The molecule has 2 aliphatic heterocycles. The van der Waals surface area contributed by atoms with Crippen LogP contribution in [0.5, 0.6) is 5.75 Å². The average Bonchev–Trinajstić information content (AvgIpc) is 4.37. The number of ether oxygens (including phenoxy) is 1. The number of carboxylic acid groups (broad SMARTS) is 2. The molecule has 0 saturated carbocycles. The smallest absolute Gasteiger partial charge is 0.267 e. The van der Waals surface area contributed by atoms with Gasteiger partial charge in [-0.1, -0.05) is 110 Å². The summed E-state index contributed by atoms with van der Waals surface area (Å²) < 4.78 is 11.3. The Balaban J connectivity index is 0.000000200. The fourth-order valence-corrected chi connectivity index (χ4v) is 14.6. The lowest BCUT2D eigenvalue weighted by Crippen LogP contribution is -2.52. The zero-order chi connectivity index (χ0) is 59.2. The van der Waals surface area contributed by atoms with Crippen LogP contribution in [-0.4, -0.2) is 69.1 Å². The van der Waals surface area contributed by atoms with Gasteiger partial charge in [-0.3, -0.25) is 20.2 Å². The number of aromatic nitrogens is 2. The third-order valence-corrected chi connectivity index (χ3v) is 19.2. The highest BCUT2D eigenvalue weighted by Gasteiger charge is 2.31. The molecule has 0 spiro atoms. The van der Waals surface area contributed by atoms with Crippen LogP contribution < -0.4 is 54.3 Å². The van der Waals surface area contributed by atoms with Gasteiger partial charge < -0.3 is 44.1 Å². The van der Waals surface area contributed by atoms with Crippen LogP contribution in [0, 0.1) is 6.92 Å². The van der Waals surface area contributed by atoms with Crippen molar-refractivity contribution < 1.29 is 43.3 Å². The van der Waals surface area contributed by atoms with Gasteiger partial charge in [0, 0.05) is 66.5 Å². The number of aliphatic carboxylic acids is 2. The number of thiazole rings is 2. The van der Waals surface area contributed by atoms with Gasteiger partial charge in [0.2, 0.25) is 36.2 Å². The van der Waals surface area contributed by atoms with E-state index in [9.17, 15) is 29.4 Å². The Morgan fingerprint density at radius 1 is 0.590 bits per heavy atom. The molecule has 10 rings (SSSR count). The first-order valence-electron chi connectivity index (χ1n) is 26.2. The summed E-state index contributed by atoms with van der Waals surface area (Å²) in [4.78, 5) is 59.6. The molecule has 2 N–H and O–H groups in total. The molecule has 430 valence electrons. The molecule has 15 nitrogen and oxygen atoms in total. The minimum atomic E-state index is -1.28. The summed E-state index contributed by atoms with van der Waals surface area (Å²) in [5, 5.41) is 35.9. The quantitative estimate of drug-likeness (QED) is 0.0735. The van der Waals surface area contributed by atoms with E-state index in [0.717, 1.165) is 80.3 Å². The van der Waals surface area contributed by atoms with Crippen molar-refractivity contribution in [3.8, 4) is 5.75 Å². The standard InChI is InChI=1S/C30H28Cl2N4O4S2.C30H28Cl2N4O3S2/c1-4-34-23-13-19(31)5-11-25(23)41-28(34)15-29-36(24-14-20(32)6-12-26(24)42-29)17-33-27(37)16-35(18(2)30(38)39)21-7-9-22(40-3)10-8-21;1-4-34-23-13-20(31)7-11-25(23)40-28(34)15-29-36(24-14-21(32)8-12-26(24)41-29)17-33-27(37)16-35(19(3)30(38)39)22-9-5-18(2)6-10-22/h5-15,18H,4,16-17H2,1-3H3,(H-,33,37,38,39);5-15,19H,4,16-17H2,1-3H3,(H-,33,37,38,39). The van der Waals surface area contributed by atoms with Crippen molar-refractivity contribution in [2.24, 2.45) is 0 Å². The number of nitrogens with one attached hydrogen (secondary N) is 2. The van der Waals surface area contributed by atoms with Crippen molar-refractivity contribution in [3.05, 3.63) is 167 Å². The monoisotopic (exact) mass is 1270 g/mol. The number of anilines is 4. The van der Waals surface area contributed by atoms with E-state index in [1.807, 2.05) is 101 Å². The highest BCUT2D eigenvalue weighted by molar-refractivity contribution is 8.04. The molecule has 2 amide bonds. The summed E-state index contributed by atoms with van der Waals surface area (Å²) >= 11 is 31.8. The van der Waals surface area contributed by atoms with E-state index in [2.05, 4.69) is 46.4 Å². The average molecular weight is 1270 g/mol. The number of halogens is 4. The Morgan fingerprint density at radius 2 is 0.976 bits per heavy atom. The van der Waals surface area contributed by atoms with Crippen molar-refractivity contribution >= 4 is 172 Å². The second kappa shape index (κ2) is 26.9. The molecule has 0 bridgehead atoms. The van der Waals surface area contributed by atoms with E-state index < -0.39 is 24.0 Å². The summed E-state index contributed by atoms with van der Waals surface area (Å²) in [6.07, 6.45) is 4.22. The molecule has 0 saturated heterocycles. The molecule has 23 heteroatoms.